The lowest BCUT2D eigenvalue weighted by molar-refractivity contribution is -0.384. The summed E-state index contributed by atoms with van der Waals surface area (Å²) in [4.78, 5) is 28.6. The number of nitrogens with two attached hydrogens (primary N) is 1. The van der Waals surface area contributed by atoms with E-state index in [-0.39, 0.29) is 40.7 Å². The summed E-state index contributed by atoms with van der Waals surface area (Å²) in [6.45, 7) is 4.77. The fourth-order valence-corrected chi connectivity index (χ4v) is 2.33. The maximum Gasteiger partial charge on any atom is 0.295 e. The van der Waals surface area contributed by atoms with Gasteiger partial charge in [0.1, 0.15) is 18.3 Å². The normalized spacial score (nSPS) is 10.9. The number of carbonyl (C=O) groups is 1. The molecule has 1 aromatic heterocycles. The van der Waals surface area contributed by atoms with Crippen molar-refractivity contribution in [3.05, 3.63) is 46.5 Å². The topological polar surface area (TPSA) is 120 Å². The SMILES string of the molecule is CN(CC(C)(C)CN)C(=O)c1ccc(-n2cncn2)c([N+](=O)[O-])c1.Cl. The van der Waals surface area contributed by atoms with Gasteiger partial charge in [-0.25, -0.2) is 9.67 Å². The van der Waals surface area contributed by atoms with E-state index in [2.05, 4.69) is 10.1 Å². The van der Waals surface area contributed by atoms with E-state index >= 15 is 0 Å². The summed E-state index contributed by atoms with van der Waals surface area (Å²) < 4.78 is 1.29. The molecule has 1 heterocycles. The van der Waals surface area contributed by atoms with Gasteiger partial charge in [-0.15, -0.1) is 12.4 Å². The van der Waals surface area contributed by atoms with E-state index in [0.29, 0.717) is 13.1 Å². The van der Waals surface area contributed by atoms with Gasteiger partial charge in [-0.1, -0.05) is 13.8 Å². The third kappa shape index (κ3) is 4.74. The van der Waals surface area contributed by atoms with Crippen molar-refractivity contribution in [2.45, 2.75) is 13.8 Å². The molecule has 0 unspecified atom stereocenters. The van der Waals surface area contributed by atoms with Crippen molar-refractivity contribution in [1.29, 1.82) is 0 Å². The molecule has 0 aliphatic heterocycles. The van der Waals surface area contributed by atoms with Gasteiger partial charge in [-0.2, -0.15) is 5.10 Å². The summed E-state index contributed by atoms with van der Waals surface area (Å²) in [7, 11) is 1.65. The van der Waals surface area contributed by atoms with Crippen LogP contribution in [0.1, 0.15) is 24.2 Å². The Bertz CT molecular complexity index is 748. The Morgan fingerprint density at radius 3 is 2.64 bits per heavy atom. The van der Waals surface area contributed by atoms with Gasteiger partial charge >= 0.3 is 0 Å². The van der Waals surface area contributed by atoms with Crippen LogP contribution < -0.4 is 5.73 Å². The summed E-state index contributed by atoms with van der Waals surface area (Å²) in [5.41, 5.74) is 5.73. The molecule has 0 fully saturated rings. The Kier molecular flexibility index (Phi) is 6.60. The Labute approximate surface area is 151 Å². The minimum absolute atomic E-state index is 0. The quantitative estimate of drug-likeness (QED) is 0.611. The summed E-state index contributed by atoms with van der Waals surface area (Å²) in [5, 5.41) is 15.2. The minimum Gasteiger partial charge on any atom is -0.341 e. The molecule has 25 heavy (non-hydrogen) atoms. The highest BCUT2D eigenvalue weighted by molar-refractivity contribution is 5.95. The first kappa shape index (κ1) is 20.5. The van der Waals surface area contributed by atoms with E-state index in [0.717, 1.165) is 0 Å². The number of nitro groups is 1. The molecule has 0 atom stereocenters. The predicted molar refractivity (Wildman–Crippen MR) is 95.1 cm³/mol. The Hall–Kier alpha value is -2.52. The van der Waals surface area contributed by atoms with Crippen LogP contribution in [0.3, 0.4) is 0 Å². The Morgan fingerprint density at radius 1 is 1.44 bits per heavy atom. The van der Waals surface area contributed by atoms with E-state index < -0.39 is 4.92 Å². The molecular formula is C15H21ClN6O3. The zero-order valence-corrected chi connectivity index (χ0v) is 15.1. The standard InChI is InChI=1S/C15H20N6O3.ClH/c1-15(2,7-16)8-19(3)14(22)11-4-5-12(13(6-11)21(23)24)20-10-17-9-18-20;/h4-6,9-10H,7-8,16H2,1-3H3;1H. The molecule has 1 amide bonds. The third-order valence-electron chi connectivity index (χ3n) is 3.65. The van der Waals surface area contributed by atoms with E-state index in [1.807, 2.05) is 13.8 Å². The molecule has 2 rings (SSSR count). The van der Waals surface area contributed by atoms with Crippen LogP contribution in [0.4, 0.5) is 5.69 Å². The predicted octanol–water partition coefficient (Wildman–Crippen LogP) is 1.65. The number of carbonyl (C=O) groups excluding carboxylic acids is 1. The molecule has 2 N–H and O–H groups in total. The molecule has 1 aromatic carbocycles. The van der Waals surface area contributed by atoms with Gasteiger partial charge in [0.15, 0.2) is 0 Å². The highest BCUT2D eigenvalue weighted by Crippen LogP contribution is 2.24. The Morgan fingerprint density at radius 2 is 2.12 bits per heavy atom. The minimum atomic E-state index is -0.544. The van der Waals surface area contributed by atoms with Gasteiger partial charge in [0.2, 0.25) is 0 Å². The average molecular weight is 369 g/mol. The molecular weight excluding hydrogens is 348 g/mol. The second kappa shape index (κ2) is 8.04. The fraction of sp³-hybridized carbons (Fsp3) is 0.400. The zero-order valence-electron chi connectivity index (χ0n) is 14.2. The van der Waals surface area contributed by atoms with Crippen LogP contribution in [-0.4, -0.2) is 50.6 Å². The van der Waals surface area contributed by atoms with E-state index in [1.165, 1.54) is 40.4 Å². The fourth-order valence-electron chi connectivity index (χ4n) is 2.33. The maximum absolute atomic E-state index is 12.5. The third-order valence-corrected chi connectivity index (χ3v) is 3.65. The molecule has 136 valence electrons. The molecule has 0 aliphatic rings. The van der Waals surface area contributed by atoms with Crippen LogP contribution in [0.5, 0.6) is 0 Å². The van der Waals surface area contributed by atoms with Gasteiger partial charge in [-0.05, 0) is 24.1 Å². The highest BCUT2D eigenvalue weighted by Gasteiger charge is 2.24. The molecule has 0 bridgehead atoms. The van der Waals surface area contributed by atoms with E-state index in [4.69, 9.17) is 5.73 Å². The van der Waals surface area contributed by atoms with E-state index in [9.17, 15) is 14.9 Å². The van der Waals surface area contributed by atoms with Crippen molar-refractivity contribution in [2.24, 2.45) is 11.1 Å². The van der Waals surface area contributed by atoms with Gasteiger partial charge < -0.3 is 10.6 Å². The molecule has 2 aromatic rings. The lowest BCUT2D eigenvalue weighted by Crippen LogP contribution is -2.39. The average Bonchev–Trinajstić information content (AvgIpc) is 3.07. The molecule has 10 heteroatoms. The first-order chi connectivity index (χ1) is 11.2. The maximum atomic E-state index is 12.5. The van der Waals surface area contributed by atoms with Crippen LogP contribution in [0, 0.1) is 15.5 Å². The monoisotopic (exact) mass is 368 g/mol. The van der Waals surface area contributed by atoms with E-state index in [1.54, 1.807) is 7.05 Å². The number of benzene rings is 1. The number of nitrogens with zero attached hydrogens (tertiary/aromatic N) is 5. The lowest BCUT2D eigenvalue weighted by Gasteiger charge is -2.29. The molecule has 9 nitrogen and oxygen atoms in total. The van der Waals surface area contributed by atoms with Crippen LogP contribution in [-0.2, 0) is 0 Å². The number of hydrogen-bond acceptors (Lipinski definition) is 6. The summed E-state index contributed by atoms with van der Waals surface area (Å²) in [6, 6.07) is 4.28. The van der Waals surface area contributed by atoms with Crippen LogP contribution in [0.25, 0.3) is 5.69 Å². The number of nitro benzene ring substituents is 1. The summed E-state index contributed by atoms with van der Waals surface area (Å²) in [6.07, 6.45) is 2.64. The molecule has 0 aliphatic carbocycles. The van der Waals surface area contributed by atoms with Gasteiger partial charge in [0, 0.05) is 25.2 Å². The number of aromatic nitrogens is 3. The van der Waals surface area contributed by atoms with Crippen molar-refractivity contribution in [1.82, 2.24) is 19.7 Å². The first-order valence-electron chi connectivity index (χ1n) is 7.34. The van der Waals surface area contributed by atoms with Crippen LogP contribution in [0.15, 0.2) is 30.9 Å². The number of halogens is 1. The number of hydrogen-bond donors (Lipinski definition) is 1. The second-order valence-corrected chi connectivity index (χ2v) is 6.33. The zero-order chi connectivity index (χ0) is 17.9. The van der Waals surface area contributed by atoms with Crippen LogP contribution >= 0.6 is 12.4 Å². The van der Waals surface area contributed by atoms with Crippen molar-refractivity contribution in [3.8, 4) is 5.69 Å². The smallest absolute Gasteiger partial charge is 0.295 e. The lowest BCUT2D eigenvalue weighted by atomic mass is 9.93. The van der Waals surface area contributed by atoms with Crippen molar-refractivity contribution < 1.29 is 9.72 Å². The number of amides is 1. The second-order valence-electron chi connectivity index (χ2n) is 6.33. The Balaban J connectivity index is 0.00000312. The first-order valence-corrected chi connectivity index (χ1v) is 7.34. The van der Waals surface area contributed by atoms with Crippen molar-refractivity contribution in [3.63, 3.8) is 0 Å². The molecule has 0 saturated carbocycles. The van der Waals surface area contributed by atoms with Gasteiger partial charge in [-0.3, -0.25) is 14.9 Å². The number of rotatable bonds is 6. The molecule has 0 spiro atoms. The highest BCUT2D eigenvalue weighted by atomic mass is 35.5. The van der Waals surface area contributed by atoms with Crippen molar-refractivity contribution >= 4 is 24.0 Å². The summed E-state index contributed by atoms with van der Waals surface area (Å²) >= 11 is 0. The van der Waals surface area contributed by atoms with Gasteiger partial charge in [0.05, 0.1) is 4.92 Å². The molecule has 0 saturated heterocycles. The van der Waals surface area contributed by atoms with Crippen LogP contribution in [0.2, 0.25) is 0 Å². The van der Waals surface area contributed by atoms with Crippen molar-refractivity contribution in [2.75, 3.05) is 20.1 Å². The van der Waals surface area contributed by atoms with Gasteiger partial charge in [0.25, 0.3) is 11.6 Å². The largest absolute Gasteiger partial charge is 0.341 e. The molecule has 0 radical (unpaired) electrons. The summed E-state index contributed by atoms with van der Waals surface area (Å²) in [5.74, 6) is -0.301.